The van der Waals surface area contributed by atoms with Gasteiger partial charge in [-0.05, 0) is 65.6 Å². The van der Waals surface area contributed by atoms with E-state index in [1.165, 1.54) is 6.07 Å². The summed E-state index contributed by atoms with van der Waals surface area (Å²) in [6, 6.07) is 18.5. The van der Waals surface area contributed by atoms with Crippen molar-refractivity contribution >= 4 is 33.8 Å². The Morgan fingerprint density at radius 2 is 1.80 bits per heavy atom. The van der Waals surface area contributed by atoms with Gasteiger partial charge in [-0.25, -0.2) is 0 Å². The standard InChI is InChI=1S/C28H19ClF3NO2/c29-19-10-9-16(28(30,31)32)14-18(19)23-12-13-24(35-23)27-25-17-5-2-1-4-15(17)8-11-21(25)33-20-6-3-7-22(34)26(20)27/h1-2,4-5,8-14,27,33H,3,6-7H2. The molecule has 3 nitrogen and oxygen atoms in total. The summed E-state index contributed by atoms with van der Waals surface area (Å²) in [5.41, 5.74) is 2.72. The summed E-state index contributed by atoms with van der Waals surface area (Å²) in [6.45, 7) is 0. The molecule has 4 aromatic rings. The van der Waals surface area contributed by atoms with Crippen LogP contribution in [0.3, 0.4) is 0 Å². The molecule has 6 rings (SSSR count). The van der Waals surface area contributed by atoms with Crippen molar-refractivity contribution in [3.05, 3.63) is 99.9 Å². The van der Waals surface area contributed by atoms with Gasteiger partial charge >= 0.3 is 6.18 Å². The smallest absolute Gasteiger partial charge is 0.416 e. The molecule has 1 aromatic heterocycles. The second-order valence-electron chi connectivity index (χ2n) is 8.87. The highest BCUT2D eigenvalue weighted by molar-refractivity contribution is 6.33. The van der Waals surface area contributed by atoms with Gasteiger partial charge in [-0.15, -0.1) is 0 Å². The quantitative estimate of drug-likeness (QED) is 0.305. The highest BCUT2D eigenvalue weighted by Gasteiger charge is 2.38. The molecule has 1 atom stereocenters. The number of anilines is 1. The van der Waals surface area contributed by atoms with Crippen LogP contribution in [-0.4, -0.2) is 5.78 Å². The molecule has 35 heavy (non-hydrogen) atoms. The molecule has 0 bridgehead atoms. The summed E-state index contributed by atoms with van der Waals surface area (Å²) in [5, 5.41) is 5.63. The molecular formula is C28H19ClF3NO2. The fourth-order valence-corrected chi connectivity index (χ4v) is 5.39. The van der Waals surface area contributed by atoms with Crippen molar-refractivity contribution in [3.8, 4) is 11.3 Å². The predicted molar refractivity (Wildman–Crippen MR) is 129 cm³/mol. The lowest BCUT2D eigenvalue weighted by atomic mass is 9.76. The van der Waals surface area contributed by atoms with Gasteiger partial charge in [-0.2, -0.15) is 13.2 Å². The Hall–Kier alpha value is -3.51. The van der Waals surface area contributed by atoms with E-state index >= 15 is 0 Å². The molecule has 3 aromatic carbocycles. The zero-order valence-corrected chi connectivity index (χ0v) is 19.1. The van der Waals surface area contributed by atoms with Gasteiger partial charge in [-0.3, -0.25) is 4.79 Å². The van der Waals surface area contributed by atoms with Crippen molar-refractivity contribution in [2.75, 3.05) is 5.32 Å². The maximum Gasteiger partial charge on any atom is 0.416 e. The summed E-state index contributed by atoms with van der Waals surface area (Å²) >= 11 is 6.27. The van der Waals surface area contributed by atoms with Crippen molar-refractivity contribution in [1.82, 2.24) is 0 Å². The summed E-state index contributed by atoms with van der Waals surface area (Å²) in [7, 11) is 0. The number of furan rings is 1. The first kappa shape index (κ1) is 22.0. The first-order valence-corrected chi connectivity index (χ1v) is 11.7. The number of fused-ring (bicyclic) bond motifs is 3. The zero-order chi connectivity index (χ0) is 24.3. The molecule has 2 heterocycles. The molecule has 0 fully saturated rings. The molecule has 1 N–H and O–H groups in total. The molecule has 1 unspecified atom stereocenters. The van der Waals surface area contributed by atoms with Crippen LogP contribution in [0, 0.1) is 0 Å². The molecule has 0 spiro atoms. The maximum atomic E-state index is 13.3. The van der Waals surface area contributed by atoms with E-state index in [0.29, 0.717) is 17.8 Å². The number of ketones is 1. The van der Waals surface area contributed by atoms with Crippen LogP contribution in [0.5, 0.6) is 0 Å². The Bertz CT molecular complexity index is 1530. The number of hydrogen-bond donors (Lipinski definition) is 1. The van der Waals surface area contributed by atoms with E-state index in [4.69, 9.17) is 16.0 Å². The number of Topliss-reactive ketones (excluding diaryl/α,β-unsaturated/α-hetero) is 1. The topological polar surface area (TPSA) is 42.2 Å². The van der Waals surface area contributed by atoms with Gasteiger partial charge in [0.05, 0.1) is 16.5 Å². The number of halogens is 4. The van der Waals surface area contributed by atoms with E-state index in [0.717, 1.165) is 52.7 Å². The van der Waals surface area contributed by atoms with E-state index in [2.05, 4.69) is 5.32 Å². The predicted octanol–water partition coefficient (Wildman–Crippen LogP) is 8.34. The van der Waals surface area contributed by atoms with Gasteiger partial charge in [-0.1, -0.05) is 41.9 Å². The van der Waals surface area contributed by atoms with Crippen molar-refractivity contribution < 1.29 is 22.4 Å². The van der Waals surface area contributed by atoms with E-state index in [1.54, 1.807) is 12.1 Å². The van der Waals surface area contributed by atoms with Crippen LogP contribution >= 0.6 is 11.6 Å². The van der Waals surface area contributed by atoms with E-state index in [1.807, 2.05) is 36.4 Å². The van der Waals surface area contributed by atoms with Crippen LogP contribution in [0.1, 0.15) is 42.1 Å². The third kappa shape index (κ3) is 3.64. The lowest BCUT2D eigenvalue weighted by molar-refractivity contribution is -0.137. The molecule has 0 saturated heterocycles. The Morgan fingerprint density at radius 1 is 0.971 bits per heavy atom. The van der Waals surface area contributed by atoms with Crippen molar-refractivity contribution in [3.63, 3.8) is 0 Å². The molecule has 1 aliphatic heterocycles. The lowest BCUT2D eigenvalue weighted by Gasteiger charge is -2.33. The van der Waals surface area contributed by atoms with Crippen molar-refractivity contribution in [1.29, 1.82) is 0 Å². The SMILES string of the molecule is O=C1CCCC2=C1C(c1ccc(-c3cc(C(F)(F)F)ccc3Cl)o1)c1c(ccc3ccccc13)N2. The molecule has 176 valence electrons. The number of benzene rings is 3. The van der Waals surface area contributed by atoms with Crippen LogP contribution in [0.2, 0.25) is 5.02 Å². The van der Waals surface area contributed by atoms with Gasteiger partial charge in [0.1, 0.15) is 11.5 Å². The molecule has 2 aliphatic rings. The molecule has 0 amide bonds. The fraction of sp³-hybridized carbons (Fsp3) is 0.179. The molecule has 1 aliphatic carbocycles. The van der Waals surface area contributed by atoms with Crippen molar-refractivity contribution in [2.24, 2.45) is 0 Å². The molecule has 0 saturated carbocycles. The van der Waals surface area contributed by atoms with Crippen LogP contribution < -0.4 is 5.32 Å². The number of allylic oxidation sites excluding steroid dienone is 2. The Morgan fingerprint density at radius 3 is 2.63 bits per heavy atom. The van der Waals surface area contributed by atoms with E-state index < -0.39 is 17.7 Å². The minimum atomic E-state index is -4.50. The van der Waals surface area contributed by atoms with Crippen LogP contribution in [0.25, 0.3) is 22.1 Å². The molecule has 7 heteroatoms. The van der Waals surface area contributed by atoms with Crippen LogP contribution in [0.15, 0.2) is 82.4 Å². The average Bonchev–Trinajstić information content (AvgIpc) is 3.32. The third-order valence-corrected chi connectivity index (χ3v) is 7.09. The highest BCUT2D eigenvalue weighted by Crippen LogP contribution is 2.49. The lowest BCUT2D eigenvalue weighted by Crippen LogP contribution is -2.26. The number of carbonyl (C=O) groups is 1. The number of nitrogens with one attached hydrogen (secondary N) is 1. The largest absolute Gasteiger partial charge is 0.460 e. The molecule has 0 radical (unpaired) electrons. The first-order chi connectivity index (χ1) is 16.8. The van der Waals surface area contributed by atoms with Gasteiger partial charge in [0.25, 0.3) is 0 Å². The van der Waals surface area contributed by atoms with Crippen LogP contribution in [0.4, 0.5) is 18.9 Å². The second-order valence-corrected chi connectivity index (χ2v) is 9.28. The number of carbonyl (C=O) groups excluding carboxylic acids is 1. The molecular weight excluding hydrogens is 475 g/mol. The second kappa shape index (κ2) is 8.02. The summed E-state index contributed by atoms with van der Waals surface area (Å²) in [4.78, 5) is 13.2. The summed E-state index contributed by atoms with van der Waals surface area (Å²) in [6.07, 6.45) is -2.54. The average molecular weight is 494 g/mol. The van der Waals surface area contributed by atoms with Crippen molar-refractivity contribution in [2.45, 2.75) is 31.4 Å². The highest BCUT2D eigenvalue weighted by atomic mass is 35.5. The third-order valence-electron chi connectivity index (χ3n) is 6.76. The van der Waals surface area contributed by atoms with Gasteiger partial charge in [0, 0.05) is 28.9 Å². The summed E-state index contributed by atoms with van der Waals surface area (Å²) < 4.78 is 46.2. The Labute approximate surface area is 204 Å². The van der Waals surface area contributed by atoms with E-state index in [9.17, 15) is 18.0 Å². The minimum absolute atomic E-state index is 0.0531. The van der Waals surface area contributed by atoms with E-state index in [-0.39, 0.29) is 22.1 Å². The van der Waals surface area contributed by atoms with Gasteiger partial charge in [0.2, 0.25) is 0 Å². The number of rotatable bonds is 2. The number of alkyl halides is 3. The monoisotopic (exact) mass is 493 g/mol. The first-order valence-electron chi connectivity index (χ1n) is 11.3. The van der Waals surface area contributed by atoms with Gasteiger partial charge in [0.15, 0.2) is 5.78 Å². The minimum Gasteiger partial charge on any atom is -0.460 e. The Kier molecular flexibility index (Phi) is 5.04. The van der Waals surface area contributed by atoms with Crippen LogP contribution in [-0.2, 0) is 11.0 Å². The normalized spacial score (nSPS) is 17.8. The van der Waals surface area contributed by atoms with Gasteiger partial charge < -0.3 is 9.73 Å². The maximum absolute atomic E-state index is 13.3. The Balaban J connectivity index is 1.55. The fourth-order valence-electron chi connectivity index (χ4n) is 5.18. The summed E-state index contributed by atoms with van der Waals surface area (Å²) in [5.74, 6) is 0.299. The zero-order valence-electron chi connectivity index (χ0n) is 18.4. The number of hydrogen-bond acceptors (Lipinski definition) is 3.